The van der Waals surface area contributed by atoms with Crippen LogP contribution in [0.1, 0.15) is 17.5 Å². The first-order chi connectivity index (χ1) is 8.47. The lowest BCUT2D eigenvalue weighted by atomic mass is 10.1. The monoisotopic (exact) mass is 251 g/mol. The zero-order valence-corrected chi connectivity index (χ0v) is 9.73. The van der Waals surface area contributed by atoms with E-state index >= 15 is 0 Å². The van der Waals surface area contributed by atoms with E-state index in [9.17, 15) is 14.0 Å². The van der Waals surface area contributed by atoms with Crippen LogP contribution in [0.15, 0.2) is 18.2 Å². The molecule has 0 radical (unpaired) electrons. The fourth-order valence-electron chi connectivity index (χ4n) is 2.06. The number of benzene rings is 1. The molecule has 1 heterocycles. The Kier molecular flexibility index (Phi) is 3.29. The number of nitrogens with zero attached hydrogens (tertiary/aromatic N) is 1. The summed E-state index contributed by atoms with van der Waals surface area (Å²) in [5.74, 6) is -1.28. The summed E-state index contributed by atoms with van der Waals surface area (Å²) in [6, 6.07) is 3.48. The molecule has 0 aliphatic carbocycles. The van der Waals surface area contributed by atoms with Crippen molar-refractivity contribution in [3.63, 3.8) is 0 Å². The van der Waals surface area contributed by atoms with Crippen LogP contribution in [0.4, 0.5) is 4.39 Å². The van der Waals surface area contributed by atoms with Crippen molar-refractivity contribution in [2.45, 2.75) is 25.6 Å². The minimum Gasteiger partial charge on any atom is -0.370 e. The number of nitrogens with two attached hydrogens (primary N) is 2. The summed E-state index contributed by atoms with van der Waals surface area (Å²) in [5.41, 5.74) is 12.3. The molecule has 0 bridgehead atoms. The number of carbonyl (C=O) groups is 2. The van der Waals surface area contributed by atoms with Gasteiger partial charge in [-0.1, -0.05) is 6.07 Å². The lowest BCUT2D eigenvalue weighted by molar-refractivity contribution is -0.135. The second-order valence-electron chi connectivity index (χ2n) is 4.38. The van der Waals surface area contributed by atoms with Crippen LogP contribution < -0.4 is 11.5 Å². The van der Waals surface area contributed by atoms with Crippen LogP contribution in [-0.2, 0) is 22.7 Å². The van der Waals surface area contributed by atoms with E-state index < -0.39 is 11.9 Å². The number of hydrogen-bond donors (Lipinski definition) is 2. The molecule has 1 aromatic carbocycles. The Morgan fingerprint density at radius 2 is 2.00 bits per heavy atom. The quantitative estimate of drug-likeness (QED) is 0.784. The molecule has 5 nitrogen and oxygen atoms in total. The average Bonchev–Trinajstić information content (AvgIpc) is 2.69. The Bertz CT molecular complexity index is 504. The first-order valence-electron chi connectivity index (χ1n) is 5.57. The van der Waals surface area contributed by atoms with Gasteiger partial charge >= 0.3 is 0 Å². The van der Waals surface area contributed by atoms with Gasteiger partial charge in [-0.3, -0.25) is 9.59 Å². The Morgan fingerprint density at radius 3 is 2.67 bits per heavy atom. The average molecular weight is 251 g/mol. The largest absolute Gasteiger partial charge is 0.370 e. The predicted molar refractivity (Wildman–Crippen MR) is 62.4 cm³/mol. The highest BCUT2D eigenvalue weighted by Gasteiger charge is 2.28. The van der Waals surface area contributed by atoms with Crippen molar-refractivity contribution in [3.05, 3.63) is 35.1 Å². The standard InChI is InChI=1S/C12H14FN3O2/c13-9-2-1-7-5-16(6-8(7)3-9)12(18)10(14)4-11(15)17/h1-3,10H,4-6,14H2,(H2,15,17)/t10-/m0/s1. The Morgan fingerprint density at radius 1 is 1.33 bits per heavy atom. The first-order valence-corrected chi connectivity index (χ1v) is 5.57. The van der Waals surface area contributed by atoms with Crippen molar-refractivity contribution >= 4 is 11.8 Å². The fraction of sp³-hybridized carbons (Fsp3) is 0.333. The molecule has 0 saturated heterocycles. The van der Waals surface area contributed by atoms with Gasteiger partial charge < -0.3 is 16.4 Å². The van der Waals surface area contributed by atoms with Crippen molar-refractivity contribution in [2.75, 3.05) is 0 Å². The summed E-state index contributed by atoms with van der Waals surface area (Å²) < 4.78 is 13.0. The lowest BCUT2D eigenvalue weighted by Gasteiger charge is -2.19. The summed E-state index contributed by atoms with van der Waals surface area (Å²) in [6.45, 7) is 0.708. The fourth-order valence-corrected chi connectivity index (χ4v) is 2.06. The molecule has 1 aliphatic rings. The number of halogens is 1. The molecule has 2 amide bonds. The molecular weight excluding hydrogens is 237 g/mol. The molecule has 0 fully saturated rings. The van der Waals surface area contributed by atoms with E-state index in [2.05, 4.69) is 0 Å². The smallest absolute Gasteiger partial charge is 0.240 e. The molecule has 96 valence electrons. The molecule has 6 heteroatoms. The van der Waals surface area contributed by atoms with E-state index in [1.165, 1.54) is 17.0 Å². The molecule has 4 N–H and O–H groups in total. The molecule has 2 rings (SSSR count). The minimum absolute atomic E-state index is 0.181. The zero-order valence-electron chi connectivity index (χ0n) is 9.73. The lowest BCUT2D eigenvalue weighted by Crippen LogP contribution is -2.43. The van der Waals surface area contributed by atoms with Gasteiger partial charge in [-0.25, -0.2) is 4.39 Å². The van der Waals surface area contributed by atoms with Crippen molar-refractivity contribution < 1.29 is 14.0 Å². The molecule has 18 heavy (non-hydrogen) atoms. The molecule has 0 aromatic heterocycles. The Hall–Kier alpha value is -1.95. The number of carbonyl (C=O) groups excluding carboxylic acids is 2. The normalized spacial score (nSPS) is 15.3. The molecule has 1 aliphatic heterocycles. The van der Waals surface area contributed by atoms with E-state index in [0.717, 1.165) is 11.1 Å². The second kappa shape index (κ2) is 4.73. The van der Waals surface area contributed by atoms with Gasteiger partial charge in [0.15, 0.2) is 0 Å². The highest BCUT2D eigenvalue weighted by atomic mass is 19.1. The Labute approximate surface area is 104 Å². The summed E-state index contributed by atoms with van der Waals surface area (Å²) in [4.78, 5) is 24.1. The molecule has 0 unspecified atom stereocenters. The van der Waals surface area contributed by atoms with Crippen LogP contribution in [0.25, 0.3) is 0 Å². The third kappa shape index (κ3) is 2.48. The topological polar surface area (TPSA) is 89.4 Å². The SMILES string of the molecule is NC(=O)C[C@H](N)C(=O)N1Cc2ccc(F)cc2C1. The number of rotatable bonds is 3. The van der Waals surface area contributed by atoms with Gasteiger partial charge in [0.1, 0.15) is 5.82 Å². The highest BCUT2D eigenvalue weighted by molar-refractivity contribution is 5.87. The maximum Gasteiger partial charge on any atom is 0.240 e. The summed E-state index contributed by atoms with van der Waals surface area (Å²) in [7, 11) is 0. The third-order valence-electron chi connectivity index (χ3n) is 2.94. The zero-order chi connectivity index (χ0) is 13.3. The Balaban J connectivity index is 2.06. The third-order valence-corrected chi connectivity index (χ3v) is 2.94. The minimum atomic E-state index is -0.929. The van der Waals surface area contributed by atoms with E-state index in [0.29, 0.717) is 13.1 Å². The predicted octanol–water partition coefficient (Wildman–Crippen LogP) is -0.129. The molecule has 0 spiro atoms. The van der Waals surface area contributed by atoms with E-state index in [1.807, 2.05) is 0 Å². The van der Waals surface area contributed by atoms with Crippen LogP contribution in [0.2, 0.25) is 0 Å². The number of amides is 2. The van der Waals surface area contributed by atoms with Crippen LogP contribution in [0, 0.1) is 5.82 Å². The van der Waals surface area contributed by atoms with Crippen LogP contribution in [0.5, 0.6) is 0 Å². The summed E-state index contributed by atoms with van der Waals surface area (Å²) in [5, 5.41) is 0. The van der Waals surface area contributed by atoms with Gasteiger partial charge in [0, 0.05) is 13.1 Å². The van der Waals surface area contributed by atoms with E-state index in [4.69, 9.17) is 11.5 Å². The van der Waals surface area contributed by atoms with Gasteiger partial charge in [-0.05, 0) is 23.3 Å². The van der Waals surface area contributed by atoms with Gasteiger partial charge in [0.2, 0.25) is 11.8 Å². The highest BCUT2D eigenvalue weighted by Crippen LogP contribution is 2.24. The summed E-state index contributed by atoms with van der Waals surface area (Å²) in [6.07, 6.45) is -0.181. The van der Waals surface area contributed by atoms with Crippen molar-refractivity contribution in [2.24, 2.45) is 11.5 Å². The maximum absolute atomic E-state index is 13.0. The van der Waals surface area contributed by atoms with Crippen LogP contribution >= 0.6 is 0 Å². The first kappa shape index (κ1) is 12.5. The van der Waals surface area contributed by atoms with Crippen molar-refractivity contribution in [3.8, 4) is 0 Å². The van der Waals surface area contributed by atoms with Gasteiger partial charge in [0.25, 0.3) is 0 Å². The van der Waals surface area contributed by atoms with Crippen molar-refractivity contribution in [1.82, 2.24) is 4.90 Å². The van der Waals surface area contributed by atoms with Gasteiger partial charge in [-0.15, -0.1) is 0 Å². The maximum atomic E-state index is 13.0. The van der Waals surface area contributed by atoms with E-state index in [-0.39, 0.29) is 18.1 Å². The van der Waals surface area contributed by atoms with Crippen molar-refractivity contribution in [1.29, 1.82) is 0 Å². The molecule has 1 aromatic rings. The second-order valence-corrected chi connectivity index (χ2v) is 4.38. The number of primary amides is 1. The van der Waals surface area contributed by atoms with E-state index in [1.54, 1.807) is 6.07 Å². The molecule has 1 atom stereocenters. The number of fused-ring (bicyclic) bond motifs is 1. The molecule has 0 saturated carbocycles. The van der Waals surface area contributed by atoms with Crippen LogP contribution in [-0.4, -0.2) is 22.8 Å². The van der Waals surface area contributed by atoms with Crippen LogP contribution in [0.3, 0.4) is 0 Å². The summed E-state index contributed by atoms with van der Waals surface area (Å²) >= 11 is 0. The number of hydrogen-bond acceptors (Lipinski definition) is 3. The molecular formula is C12H14FN3O2. The van der Waals surface area contributed by atoms with Gasteiger partial charge in [0.05, 0.1) is 12.5 Å². The van der Waals surface area contributed by atoms with Gasteiger partial charge in [-0.2, -0.15) is 0 Å².